The summed E-state index contributed by atoms with van der Waals surface area (Å²) >= 11 is 0. The van der Waals surface area contributed by atoms with E-state index >= 15 is 0 Å². The van der Waals surface area contributed by atoms with Gasteiger partial charge in [0.2, 0.25) is 11.3 Å². The minimum atomic E-state index is -0.908. The number of amides is 3. The topological polar surface area (TPSA) is 179 Å². The number of nitrogens with one attached hydrogen (secondary N) is 2. The van der Waals surface area contributed by atoms with Gasteiger partial charge >= 0.3 is 0 Å². The molecular formula is C22H20N6O6. The quantitative estimate of drug-likeness (QED) is 0.332. The number of nitro groups is 1. The van der Waals surface area contributed by atoms with Crippen LogP contribution in [-0.2, 0) is 4.79 Å². The summed E-state index contributed by atoms with van der Waals surface area (Å²) in [5.41, 5.74) is 4.13. The number of aryl methyl sites for hydroxylation is 1. The molecule has 0 aliphatic heterocycles. The van der Waals surface area contributed by atoms with E-state index in [9.17, 15) is 29.3 Å². The van der Waals surface area contributed by atoms with E-state index in [0.717, 1.165) is 10.7 Å². The van der Waals surface area contributed by atoms with Gasteiger partial charge in [0.25, 0.3) is 17.5 Å². The third-order valence-corrected chi connectivity index (χ3v) is 4.71. The summed E-state index contributed by atoms with van der Waals surface area (Å²) in [7, 11) is 0. The van der Waals surface area contributed by atoms with Gasteiger partial charge in [0.15, 0.2) is 5.69 Å². The first-order chi connectivity index (χ1) is 16.2. The molecule has 4 N–H and O–H groups in total. The van der Waals surface area contributed by atoms with Crippen molar-refractivity contribution in [2.45, 2.75) is 13.3 Å². The highest BCUT2D eigenvalue weighted by Gasteiger charge is 2.21. The molecule has 1 aromatic heterocycles. The molecule has 12 nitrogen and oxygen atoms in total. The molecular weight excluding hydrogens is 444 g/mol. The summed E-state index contributed by atoms with van der Waals surface area (Å²) in [4.78, 5) is 59.6. The van der Waals surface area contributed by atoms with E-state index in [1.54, 1.807) is 18.2 Å². The van der Waals surface area contributed by atoms with Crippen molar-refractivity contribution in [2.24, 2.45) is 5.73 Å². The zero-order valence-electron chi connectivity index (χ0n) is 18.0. The summed E-state index contributed by atoms with van der Waals surface area (Å²) in [6.45, 7) is 1.54. The monoisotopic (exact) mass is 464 g/mol. The highest BCUT2D eigenvalue weighted by atomic mass is 16.6. The van der Waals surface area contributed by atoms with E-state index in [4.69, 9.17) is 5.73 Å². The zero-order valence-corrected chi connectivity index (χ0v) is 18.0. The van der Waals surface area contributed by atoms with Crippen LogP contribution in [0.3, 0.4) is 0 Å². The lowest BCUT2D eigenvalue weighted by molar-refractivity contribution is -0.384. The first-order valence-corrected chi connectivity index (χ1v) is 10.0. The fraction of sp³-hybridized carbons (Fsp3) is 0.136. The molecule has 3 amide bonds. The van der Waals surface area contributed by atoms with Gasteiger partial charge in [-0.05, 0) is 25.1 Å². The number of aromatic nitrogens is 2. The normalized spacial score (nSPS) is 10.4. The molecule has 1 heterocycles. The van der Waals surface area contributed by atoms with Crippen molar-refractivity contribution >= 4 is 29.1 Å². The molecule has 2 aromatic carbocycles. The molecule has 0 saturated heterocycles. The molecule has 0 fully saturated rings. The van der Waals surface area contributed by atoms with E-state index < -0.39 is 33.8 Å². The van der Waals surface area contributed by atoms with Crippen molar-refractivity contribution in [1.29, 1.82) is 0 Å². The van der Waals surface area contributed by atoms with Gasteiger partial charge in [-0.25, -0.2) is 4.68 Å². The third kappa shape index (κ3) is 5.30. The molecule has 0 saturated carbocycles. The van der Waals surface area contributed by atoms with E-state index in [2.05, 4.69) is 15.7 Å². The van der Waals surface area contributed by atoms with Crippen molar-refractivity contribution < 1.29 is 19.3 Å². The van der Waals surface area contributed by atoms with Gasteiger partial charge in [-0.3, -0.25) is 29.3 Å². The van der Waals surface area contributed by atoms with E-state index in [-0.39, 0.29) is 41.3 Å². The predicted molar refractivity (Wildman–Crippen MR) is 122 cm³/mol. The Morgan fingerprint density at radius 2 is 1.76 bits per heavy atom. The number of hydrogen-bond acceptors (Lipinski definition) is 7. The van der Waals surface area contributed by atoms with Gasteiger partial charge in [0.05, 0.1) is 16.2 Å². The maximum Gasteiger partial charge on any atom is 0.294 e. The van der Waals surface area contributed by atoms with Gasteiger partial charge in [0.1, 0.15) is 5.69 Å². The van der Waals surface area contributed by atoms with Crippen molar-refractivity contribution in [2.75, 3.05) is 11.9 Å². The van der Waals surface area contributed by atoms with Crippen LogP contribution in [0.1, 0.15) is 33.0 Å². The van der Waals surface area contributed by atoms with Crippen molar-refractivity contribution in [3.8, 4) is 5.69 Å². The molecule has 3 rings (SSSR count). The Morgan fingerprint density at radius 1 is 1.09 bits per heavy atom. The summed E-state index contributed by atoms with van der Waals surface area (Å²) in [6.07, 6.45) is -0.0568. The Kier molecular flexibility index (Phi) is 7.11. The minimum absolute atomic E-state index is 0.0104. The number of rotatable bonds is 8. The number of hydrogen-bond donors (Lipinski definition) is 3. The van der Waals surface area contributed by atoms with Crippen LogP contribution in [0.2, 0.25) is 0 Å². The Labute approximate surface area is 192 Å². The number of nitrogens with two attached hydrogens (primary N) is 1. The minimum Gasteiger partial charge on any atom is -0.370 e. The summed E-state index contributed by atoms with van der Waals surface area (Å²) in [5, 5.41) is 20.5. The number of nitrogens with zero attached hydrogens (tertiary/aromatic N) is 3. The summed E-state index contributed by atoms with van der Waals surface area (Å²) < 4.78 is 1.14. The Balaban J connectivity index is 1.94. The lowest BCUT2D eigenvalue weighted by atomic mass is 10.1. The van der Waals surface area contributed by atoms with E-state index in [1.165, 1.54) is 37.3 Å². The number of para-hydroxylation sites is 3. The number of anilines is 1. The highest BCUT2D eigenvalue weighted by molar-refractivity contribution is 6.08. The standard InChI is InChI=1S/C22H20N6O6/c1-13-12-18(29)20(26-27(13)16-8-4-5-9-17(16)28(33)34)22(32)25-15-7-3-2-6-14(15)21(31)24-11-10-19(23)30/h2-9,12H,10-11H2,1H3,(H2,23,30)(H,24,31)(H,25,32). The SMILES string of the molecule is Cc1cc(=O)c(C(=O)Nc2ccccc2C(=O)NCCC(N)=O)nn1-c1ccccc1[N+](=O)[O-]. The molecule has 0 spiro atoms. The maximum atomic E-state index is 12.9. The van der Waals surface area contributed by atoms with Crippen LogP contribution in [0.15, 0.2) is 59.4 Å². The van der Waals surface area contributed by atoms with Gasteiger partial charge in [0, 0.05) is 30.8 Å². The molecule has 0 atom stereocenters. The number of nitro benzene ring substituents is 1. The summed E-state index contributed by atoms with van der Waals surface area (Å²) in [6, 6.07) is 13.0. The molecule has 0 aliphatic rings. The second-order valence-electron chi connectivity index (χ2n) is 7.13. The smallest absolute Gasteiger partial charge is 0.294 e. The second kappa shape index (κ2) is 10.2. The molecule has 0 aliphatic carbocycles. The number of carbonyl (C=O) groups excluding carboxylic acids is 3. The van der Waals surface area contributed by atoms with Gasteiger partial charge < -0.3 is 16.4 Å². The fourth-order valence-corrected chi connectivity index (χ4v) is 3.11. The lowest BCUT2D eigenvalue weighted by Gasteiger charge is -2.13. The molecule has 0 unspecified atom stereocenters. The van der Waals surface area contributed by atoms with Gasteiger partial charge in [-0.15, -0.1) is 0 Å². The fourth-order valence-electron chi connectivity index (χ4n) is 3.11. The largest absolute Gasteiger partial charge is 0.370 e. The van der Waals surface area contributed by atoms with Crippen LogP contribution >= 0.6 is 0 Å². The molecule has 0 radical (unpaired) electrons. The molecule has 12 heteroatoms. The Morgan fingerprint density at radius 3 is 2.47 bits per heavy atom. The van der Waals surface area contributed by atoms with Crippen LogP contribution in [0.25, 0.3) is 5.69 Å². The molecule has 3 aromatic rings. The summed E-state index contributed by atoms with van der Waals surface area (Å²) in [5.74, 6) is -2.05. The van der Waals surface area contributed by atoms with Crippen LogP contribution < -0.4 is 21.8 Å². The van der Waals surface area contributed by atoms with Crippen molar-refractivity contribution in [3.63, 3.8) is 0 Å². The number of carbonyl (C=O) groups is 3. The first kappa shape index (κ1) is 23.8. The van der Waals surface area contributed by atoms with Crippen molar-refractivity contribution in [3.05, 3.63) is 91.9 Å². The van der Waals surface area contributed by atoms with Crippen LogP contribution in [0.4, 0.5) is 11.4 Å². The van der Waals surface area contributed by atoms with Crippen molar-refractivity contribution in [1.82, 2.24) is 15.1 Å². The average Bonchev–Trinajstić information content (AvgIpc) is 2.79. The maximum absolute atomic E-state index is 12.9. The Hall–Kier alpha value is -4.87. The lowest BCUT2D eigenvalue weighted by Crippen LogP contribution is -2.30. The van der Waals surface area contributed by atoms with Crippen LogP contribution in [0.5, 0.6) is 0 Å². The highest BCUT2D eigenvalue weighted by Crippen LogP contribution is 2.22. The third-order valence-electron chi connectivity index (χ3n) is 4.71. The van der Waals surface area contributed by atoms with E-state index in [1.807, 2.05) is 0 Å². The number of primary amides is 1. The van der Waals surface area contributed by atoms with Gasteiger partial charge in [-0.2, -0.15) is 5.10 Å². The number of benzene rings is 2. The predicted octanol–water partition coefficient (Wildman–Crippen LogP) is 1.31. The average molecular weight is 464 g/mol. The molecule has 0 bridgehead atoms. The van der Waals surface area contributed by atoms with Crippen LogP contribution in [0, 0.1) is 17.0 Å². The van der Waals surface area contributed by atoms with Gasteiger partial charge in [-0.1, -0.05) is 24.3 Å². The van der Waals surface area contributed by atoms with Crippen LogP contribution in [-0.4, -0.2) is 39.0 Å². The second-order valence-corrected chi connectivity index (χ2v) is 7.13. The molecule has 34 heavy (non-hydrogen) atoms. The zero-order chi connectivity index (χ0) is 24.8. The first-order valence-electron chi connectivity index (χ1n) is 10.0. The molecule has 174 valence electrons. The van der Waals surface area contributed by atoms with E-state index in [0.29, 0.717) is 0 Å². The Bertz CT molecular complexity index is 1350.